The van der Waals surface area contributed by atoms with Crippen molar-refractivity contribution in [3.05, 3.63) is 47.1 Å². The van der Waals surface area contributed by atoms with E-state index in [-0.39, 0.29) is 35.9 Å². The lowest BCUT2D eigenvalue weighted by Gasteiger charge is -2.20. The normalized spacial score (nSPS) is 12.2. The minimum atomic E-state index is -0.300. The van der Waals surface area contributed by atoms with Crippen molar-refractivity contribution in [3.8, 4) is 5.75 Å². The van der Waals surface area contributed by atoms with Crippen molar-refractivity contribution in [2.45, 2.75) is 46.1 Å². The number of aromatic nitrogens is 1. The fourth-order valence-electron chi connectivity index (χ4n) is 2.76. The molecule has 0 radical (unpaired) electrons. The van der Waals surface area contributed by atoms with Crippen LogP contribution in [0.4, 0.5) is 4.39 Å². The molecule has 2 rings (SSSR count). The average molecular weight is 504 g/mol. The number of rotatable bonds is 9. The Labute approximate surface area is 183 Å². The van der Waals surface area contributed by atoms with Gasteiger partial charge in [0.2, 0.25) is 0 Å². The Kier molecular flexibility index (Phi) is 10.9. The molecule has 1 unspecified atom stereocenters. The molecule has 156 valence electrons. The molecule has 0 saturated heterocycles. The number of hydrogen-bond donors (Lipinski definition) is 2. The molecule has 0 saturated carbocycles. The molecule has 0 bridgehead atoms. The molecule has 1 aromatic heterocycles. The number of halogens is 2. The smallest absolute Gasteiger partial charge is 0.191 e. The highest BCUT2D eigenvalue weighted by molar-refractivity contribution is 14.0. The molecule has 1 atom stereocenters. The Balaban J connectivity index is 0.00000392. The Bertz CT molecular complexity index is 732. The summed E-state index contributed by atoms with van der Waals surface area (Å²) in [5.74, 6) is 1.84. The fraction of sp³-hybridized carbons (Fsp3) is 0.500. The van der Waals surface area contributed by atoms with E-state index in [1.165, 1.54) is 17.7 Å². The molecule has 6 nitrogen and oxygen atoms in total. The fourth-order valence-corrected chi connectivity index (χ4v) is 2.76. The number of benzene rings is 1. The van der Waals surface area contributed by atoms with E-state index >= 15 is 0 Å². The zero-order valence-electron chi connectivity index (χ0n) is 16.9. The zero-order valence-corrected chi connectivity index (χ0v) is 19.2. The predicted octanol–water partition coefficient (Wildman–Crippen LogP) is 4.00. The molecule has 0 aliphatic heterocycles. The maximum Gasteiger partial charge on any atom is 0.191 e. The third kappa shape index (κ3) is 7.65. The molecule has 0 fully saturated rings. The highest BCUT2D eigenvalue weighted by Crippen LogP contribution is 2.15. The molecule has 0 aliphatic rings. The van der Waals surface area contributed by atoms with Crippen LogP contribution < -0.4 is 15.4 Å². The minimum absolute atomic E-state index is 0. The number of ether oxygens (including phenoxy) is 1. The second-order valence-corrected chi connectivity index (χ2v) is 6.39. The quantitative estimate of drug-likeness (QED) is 0.234. The largest absolute Gasteiger partial charge is 0.489 e. The number of hydrogen-bond acceptors (Lipinski definition) is 4. The van der Waals surface area contributed by atoms with Crippen LogP contribution in [0.25, 0.3) is 0 Å². The van der Waals surface area contributed by atoms with Crippen LogP contribution in [0.3, 0.4) is 0 Å². The zero-order chi connectivity index (χ0) is 19.6. The van der Waals surface area contributed by atoms with Crippen molar-refractivity contribution in [2.75, 3.05) is 20.1 Å². The van der Waals surface area contributed by atoms with Crippen LogP contribution in [0.5, 0.6) is 5.75 Å². The van der Waals surface area contributed by atoms with Gasteiger partial charge in [0.25, 0.3) is 0 Å². The van der Waals surface area contributed by atoms with Crippen LogP contribution in [0.1, 0.15) is 36.8 Å². The highest BCUT2D eigenvalue weighted by Gasteiger charge is 2.11. The van der Waals surface area contributed by atoms with Crippen LogP contribution in [0.2, 0.25) is 0 Å². The topological polar surface area (TPSA) is 71.7 Å². The number of aliphatic imine (C=N–C) groups is 1. The maximum atomic E-state index is 13.3. The molecule has 2 aromatic rings. The standard InChI is InChI=1S/C20H29FN4O2.HI/c1-5-17(26-18-9-6-8-16(21)12-18)13-24-20(22-4)23-11-7-10-19-14(2)25-27-15(19)3;/h6,8-9,12,17H,5,7,10-11,13H2,1-4H3,(H2,22,23,24);1H. The third-order valence-corrected chi connectivity index (χ3v) is 4.35. The Hall–Kier alpha value is -1.84. The molecule has 1 heterocycles. The van der Waals surface area contributed by atoms with Gasteiger partial charge in [-0.2, -0.15) is 0 Å². The lowest BCUT2D eigenvalue weighted by molar-refractivity contribution is 0.199. The van der Waals surface area contributed by atoms with E-state index in [2.05, 4.69) is 20.8 Å². The van der Waals surface area contributed by atoms with E-state index in [1.807, 2.05) is 20.8 Å². The number of guanidine groups is 1. The summed E-state index contributed by atoms with van der Waals surface area (Å²) < 4.78 is 24.3. The van der Waals surface area contributed by atoms with Crippen molar-refractivity contribution in [2.24, 2.45) is 4.99 Å². The van der Waals surface area contributed by atoms with Gasteiger partial charge in [-0.1, -0.05) is 18.1 Å². The highest BCUT2D eigenvalue weighted by atomic mass is 127. The molecular weight excluding hydrogens is 474 g/mol. The SMILES string of the molecule is CCC(CNC(=NC)NCCCc1c(C)noc1C)Oc1cccc(F)c1.I. The van der Waals surface area contributed by atoms with Gasteiger partial charge in [-0.05, 0) is 45.2 Å². The lowest BCUT2D eigenvalue weighted by Crippen LogP contribution is -2.42. The van der Waals surface area contributed by atoms with Gasteiger partial charge in [0.05, 0.1) is 12.2 Å². The summed E-state index contributed by atoms with van der Waals surface area (Å²) in [6.07, 6.45) is 2.58. The monoisotopic (exact) mass is 504 g/mol. The lowest BCUT2D eigenvalue weighted by atomic mass is 10.1. The maximum absolute atomic E-state index is 13.3. The number of nitrogens with zero attached hydrogens (tertiary/aromatic N) is 2. The summed E-state index contributed by atoms with van der Waals surface area (Å²) in [5.41, 5.74) is 2.13. The number of aryl methyl sites for hydroxylation is 2. The molecule has 0 spiro atoms. The molecule has 8 heteroatoms. The van der Waals surface area contributed by atoms with E-state index in [4.69, 9.17) is 9.26 Å². The third-order valence-electron chi connectivity index (χ3n) is 4.35. The van der Waals surface area contributed by atoms with E-state index < -0.39 is 0 Å². The average Bonchev–Trinajstić information content (AvgIpc) is 2.98. The van der Waals surface area contributed by atoms with Crippen molar-refractivity contribution < 1.29 is 13.7 Å². The molecular formula is C20H30FIN4O2. The molecule has 0 amide bonds. The van der Waals surface area contributed by atoms with Gasteiger partial charge in [-0.3, -0.25) is 4.99 Å². The van der Waals surface area contributed by atoms with Gasteiger partial charge in [0.1, 0.15) is 23.4 Å². The molecule has 28 heavy (non-hydrogen) atoms. The Morgan fingerprint density at radius 1 is 1.32 bits per heavy atom. The van der Waals surface area contributed by atoms with Crippen LogP contribution in [0.15, 0.2) is 33.8 Å². The van der Waals surface area contributed by atoms with Crippen molar-refractivity contribution in [1.82, 2.24) is 15.8 Å². The Morgan fingerprint density at radius 2 is 2.11 bits per heavy atom. The van der Waals surface area contributed by atoms with Crippen LogP contribution in [-0.2, 0) is 6.42 Å². The molecule has 1 aromatic carbocycles. The first-order valence-electron chi connectivity index (χ1n) is 9.32. The van der Waals surface area contributed by atoms with E-state index in [1.54, 1.807) is 19.2 Å². The van der Waals surface area contributed by atoms with Crippen LogP contribution in [-0.4, -0.2) is 37.4 Å². The van der Waals surface area contributed by atoms with E-state index in [9.17, 15) is 4.39 Å². The van der Waals surface area contributed by atoms with Gasteiger partial charge in [-0.25, -0.2) is 4.39 Å². The van der Waals surface area contributed by atoms with Gasteiger partial charge >= 0.3 is 0 Å². The van der Waals surface area contributed by atoms with Crippen molar-refractivity contribution in [3.63, 3.8) is 0 Å². The van der Waals surface area contributed by atoms with Gasteiger partial charge in [0.15, 0.2) is 5.96 Å². The van der Waals surface area contributed by atoms with Gasteiger partial charge in [-0.15, -0.1) is 24.0 Å². The predicted molar refractivity (Wildman–Crippen MR) is 120 cm³/mol. The first-order valence-corrected chi connectivity index (χ1v) is 9.32. The molecule has 2 N–H and O–H groups in total. The van der Waals surface area contributed by atoms with Gasteiger partial charge < -0.3 is 19.9 Å². The molecule has 0 aliphatic carbocycles. The summed E-state index contributed by atoms with van der Waals surface area (Å²) >= 11 is 0. The van der Waals surface area contributed by atoms with E-state index in [0.29, 0.717) is 12.3 Å². The summed E-state index contributed by atoms with van der Waals surface area (Å²) in [7, 11) is 1.73. The van der Waals surface area contributed by atoms with E-state index in [0.717, 1.165) is 43.2 Å². The second kappa shape index (κ2) is 12.6. The summed E-state index contributed by atoms with van der Waals surface area (Å²) in [6, 6.07) is 6.20. The summed E-state index contributed by atoms with van der Waals surface area (Å²) in [6.45, 7) is 7.29. The number of nitrogens with one attached hydrogen (secondary N) is 2. The van der Waals surface area contributed by atoms with Crippen molar-refractivity contribution in [1.29, 1.82) is 0 Å². The first kappa shape index (κ1) is 24.2. The second-order valence-electron chi connectivity index (χ2n) is 6.39. The Morgan fingerprint density at radius 3 is 2.71 bits per heavy atom. The summed E-state index contributed by atoms with van der Waals surface area (Å²) in [5, 5.41) is 10.5. The minimum Gasteiger partial charge on any atom is -0.489 e. The van der Waals surface area contributed by atoms with Crippen LogP contribution >= 0.6 is 24.0 Å². The summed E-state index contributed by atoms with van der Waals surface area (Å²) in [4.78, 5) is 4.23. The van der Waals surface area contributed by atoms with Crippen molar-refractivity contribution >= 4 is 29.9 Å². The van der Waals surface area contributed by atoms with Gasteiger partial charge in [0, 0.05) is 25.2 Å². The first-order chi connectivity index (χ1) is 13.0. The van der Waals surface area contributed by atoms with Crippen LogP contribution in [0, 0.1) is 19.7 Å².